The highest BCUT2D eigenvalue weighted by atomic mass is 32.2. The quantitative estimate of drug-likeness (QED) is 0.782. The number of ether oxygens (including phenoxy) is 1. The Morgan fingerprint density at radius 3 is 2.59 bits per heavy atom. The molecule has 146 valence electrons. The molecule has 1 aliphatic rings. The Labute approximate surface area is 159 Å². The summed E-state index contributed by atoms with van der Waals surface area (Å²) in [5, 5.41) is 0. The van der Waals surface area contributed by atoms with E-state index in [-0.39, 0.29) is 12.4 Å². The van der Waals surface area contributed by atoms with Crippen molar-refractivity contribution in [2.75, 3.05) is 33.8 Å². The van der Waals surface area contributed by atoms with E-state index in [4.69, 9.17) is 4.74 Å². The summed E-state index contributed by atoms with van der Waals surface area (Å²) in [5.74, 6) is -0.261. The molecule has 1 aromatic carbocycles. The van der Waals surface area contributed by atoms with E-state index >= 15 is 0 Å². The fourth-order valence-corrected chi connectivity index (χ4v) is 4.21. The van der Waals surface area contributed by atoms with Crippen molar-refractivity contribution in [2.45, 2.75) is 19.4 Å². The molecule has 1 fully saturated rings. The molecule has 1 saturated heterocycles. The number of aryl methyl sites for hydroxylation is 1. The number of morpholine rings is 1. The summed E-state index contributed by atoms with van der Waals surface area (Å²) in [6.07, 6.45) is 0.226. The molecule has 3 rings (SSSR count). The second-order valence-electron chi connectivity index (χ2n) is 6.85. The Morgan fingerprint density at radius 1 is 1.22 bits per heavy atom. The zero-order chi connectivity index (χ0) is 19.6. The standard InChI is InChI=1S/C19H24FN3O3S/c1-14-10-16(11-15-4-6-17(20)7-5-15)12-18(21-14)19-13-23(8-9-26-19)27(24,25)22(2)3/h4-7,10,12,19H,8-9,11,13H2,1-3H3/t19-/m1/s1. The van der Waals surface area contributed by atoms with Gasteiger partial charge in [-0.2, -0.15) is 17.0 Å². The van der Waals surface area contributed by atoms with Crippen LogP contribution in [0.3, 0.4) is 0 Å². The van der Waals surface area contributed by atoms with Crippen LogP contribution in [0.1, 0.15) is 28.6 Å². The minimum absolute atomic E-state index is 0.229. The van der Waals surface area contributed by atoms with Crippen LogP contribution in [0, 0.1) is 12.7 Å². The average Bonchev–Trinajstić information content (AvgIpc) is 2.63. The molecule has 1 aliphatic heterocycles. The number of benzene rings is 1. The smallest absolute Gasteiger partial charge is 0.281 e. The summed E-state index contributed by atoms with van der Waals surface area (Å²) in [6.45, 7) is 2.77. The van der Waals surface area contributed by atoms with Crippen molar-refractivity contribution in [2.24, 2.45) is 0 Å². The first-order valence-electron chi connectivity index (χ1n) is 8.77. The fraction of sp³-hybridized carbons (Fsp3) is 0.421. The zero-order valence-corrected chi connectivity index (χ0v) is 16.5. The first kappa shape index (κ1) is 19.9. The predicted molar refractivity (Wildman–Crippen MR) is 101 cm³/mol. The van der Waals surface area contributed by atoms with E-state index in [1.807, 2.05) is 19.1 Å². The molecule has 6 nitrogen and oxygen atoms in total. The molecule has 0 bridgehead atoms. The van der Waals surface area contributed by atoms with E-state index < -0.39 is 16.3 Å². The van der Waals surface area contributed by atoms with Crippen molar-refractivity contribution in [1.29, 1.82) is 0 Å². The highest BCUT2D eigenvalue weighted by Crippen LogP contribution is 2.25. The van der Waals surface area contributed by atoms with Gasteiger partial charge in [0.25, 0.3) is 10.2 Å². The molecule has 0 unspecified atom stereocenters. The lowest BCUT2D eigenvalue weighted by molar-refractivity contribution is -0.00633. The summed E-state index contributed by atoms with van der Waals surface area (Å²) in [6, 6.07) is 10.3. The minimum Gasteiger partial charge on any atom is -0.369 e. The zero-order valence-electron chi connectivity index (χ0n) is 15.7. The van der Waals surface area contributed by atoms with Crippen LogP contribution in [0.4, 0.5) is 4.39 Å². The third-order valence-electron chi connectivity index (χ3n) is 4.50. The molecule has 0 N–H and O–H groups in total. The van der Waals surface area contributed by atoms with Gasteiger partial charge in [0.1, 0.15) is 11.9 Å². The number of hydrogen-bond donors (Lipinski definition) is 0. The maximum Gasteiger partial charge on any atom is 0.281 e. The molecular weight excluding hydrogens is 369 g/mol. The monoisotopic (exact) mass is 393 g/mol. The number of aromatic nitrogens is 1. The van der Waals surface area contributed by atoms with Crippen molar-refractivity contribution < 1.29 is 17.5 Å². The van der Waals surface area contributed by atoms with Gasteiger partial charge in [-0.15, -0.1) is 0 Å². The maximum atomic E-state index is 13.1. The number of halogens is 1. The summed E-state index contributed by atoms with van der Waals surface area (Å²) in [4.78, 5) is 4.55. The average molecular weight is 393 g/mol. The van der Waals surface area contributed by atoms with Crippen LogP contribution in [-0.4, -0.2) is 55.8 Å². The molecule has 0 aliphatic carbocycles. The van der Waals surface area contributed by atoms with Gasteiger partial charge in [0.15, 0.2) is 0 Å². The van der Waals surface area contributed by atoms with E-state index in [0.717, 1.165) is 16.8 Å². The van der Waals surface area contributed by atoms with E-state index in [9.17, 15) is 12.8 Å². The van der Waals surface area contributed by atoms with Gasteiger partial charge in [-0.3, -0.25) is 4.98 Å². The van der Waals surface area contributed by atoms with Gasteiger partial charge in [-0.25, -0.2) is 4.39 Å². The molecule has 2 heterocycles. The summed E-state index contributed by atoms with van der Waals surface area (Å²) < 4.78 is 46.4. The Hall–Kier alpha value is -1.87. The maximum absolute atomic E-state index is 13.1. The Kier molecular flexibility index (Phi) is 5.90. The number of rotatable bonds is 5. The molecule has 1 aromatic heterocycles. The molecule has 0 saturated carbocycles. The third kappa shape index (κ3) is 4.70. The fourth-order valence-electron chi connectivity index (χ4n) is 3.12. The van der Waals surface area contributed by atoms with Crippen molar-refractivity contribution in [3.63, 3.8) is 0 Å². The lowest BCUT2D eigenvalue weighted by atomic mass is 10.0. The van der Waals surface area contributed by atoms with Gasteiger partial charge in [0, 0.05) is 32.9 Å². The van der Waals surface area contributed by atoms with Crippen LogP contribution in [-0.2, 0) is 21.4 Å². The molecule has 0 radical (unpaired) electrons. The summed E-state index contributed by atoms with van der Waals surface area (Å²) >= 11 is 0. The number of nitrogens with zero attached hydrogens (tertiary/aromatic N) is 3. The van der Waals surface area contributed by atoms with Crippen LogP contribution >= 0.6 is 0 Å². The van der Waals surface area contributed by atoms with Crippen LogP contribution < -0.4 is 0 Å². The molecule has 8 heteroatoms. The van der Waals surface area contributed by atoms with Crippen molar-refractivity contribution in [3.05, 3.63) is 64.7 Å². The third-order valence-corrected chi connectivity index (χ3v) is 6.41. The summed E-state index contributed by atoms with van der Waals surface area (Å²) in [5.41, 5.74) is 3.57. The Balaban J connectivity index is 1.82. The highest BCUT2D eigenvalue weighted by Gasteiger charge is 2.32. The van der Waals surface area contributed by atoms with Gasteiger partial charge < -0.3 is 4.74 Å². The van der Waals surface area contributed by atoms with Crippen LogP contribution in [0.5, 0.6) is 0 Å². The van der Waals surface area contributed by atoms with Crippen LogP contribution in [0.25, 0.3) is 0 Å². The van der Waals surface area contributed by atoms with Gasteiger partial charge in [0.2, 0.25) is 0 Å². The van der Waals surface area contributed by atoms with E-state index in [1.54, 1.807) is 12.1 Å². The van der Waals surface area contributed by atoms with Crippen LogP contribution in [0.2, 0.25) is 0 Å². The first-order chi connectivity index (χ1) is 12.8. The number of hydrogen-bond acceptors (Lipinski definition) is 4. The Morgan fingerprint density at radius 2 is 1.93 bits per heavy atom. The highest BCUT2D eigenvalue weighted by molar-refractivity contribution is 7.86. The molecular formula is C19H24FN3O3S. The van der Waals surface area contributed by atoms with Gasteiger partial charge >= 0.3 is 0 Å². The predicted octanol–water partition coefficient (Wildman–Crippen LogP) is 2.30. The van der Waals surface area contributed by atoms with Crippen LogP contribution in [0.15, 0.2) is 36.4 Å². The summed E-state index contributed by atoms with van der Waals surface area (Å²) in [7, 11) is -0.452. The minimum atomic E-state index is -3.49. The SMILES string of the molecule is Cc1cc(Cc2ccc(F)cc2)cc([C@H]2CN(S(=O)(=O)N(C)C)CCO2)n1. The second kappa shape index (κ2) is 8.02. The van der Waals surface area contributed by atoms with Gasteiger partial charge in [-0.05, 0) is 48.7 Å². The van der Waals surface area contributed by atoms with Gasteiger partial charge in [0.05, 0.1) is 12.3 Å². The molecule has 2 aromatic rings. The van der Waals surface area contributed by atoms with Crippen molar-refractivity contribution in [1.82, 2.24) is 13.6 Å². The molecule has 27 heavy (non-hydrogen) atoms. The van der Waals surface area contributed by atoms with Crippen molar-refractivity contribution >= 4 is 10.2 Å². The Bertz CT molecular complexity index is 901. The van der Waals surface area contributed by atoms with Gasteiger partial charge in [-0.1, -0.05) is 12.1 Å². The lowest BCUT2D eigenvalue weighted by Crippen LogP contribution is -2.47. The van der Waals surface area contributed by atoms with E-state index in [2.05, 4.69) is 4.98 Å². The largest absolute Gasteiger partial charge is 0.369 e. The van der Waals surface area contributed by atoms with E-state index in [1.165, 1.54) is 34.8 Å². The van der Waals surface area contributed by atoms with Crippen molar-refractivity contribution in [3.8, 4) is 0 Å². The molecule has 1 atom stereocenters. The topological polar surface area (TPSA) is 62.7 Å². The molecule has 0 amide bonds. The lowest BCUT2D eigenvalue weighted by Gasteiger charge is -2.33. The molecule has 0 spiro atoms. The first-order valence-corrected chi connectivity index (χ1v) is 10.2. The second-order valence-corrected chi connectivity index (χ2v) is 8.99. The number of pyridine rings is 1. The van der Waals surface area contributed by atoms with E-state index in [0.29, 0.717) is 25.3 Å². The normalized spacial score (nSPS) is 18.8.